The van der Waals surface area contributed by atoms with E-state index in [2.05, 4.69) is 0 Å². The van der Waals surface area contributed by atoms with Crippen molar-refractivity contribution >= 4 is 28.8 Å². The first-order valence-electron chi connectivity index (χ1n) is 5.40. The van der Waals surface area contributed by atoms with E-state index in [9.17, 15) is 4.79 Å². The van der Waals surface area contributed by atoms with Crippen LogP contribution in [0.25, 0.3) is 0 Å². The van der Waals surface area contributed by atoms with E-state index in [1.54, 1.807) is 11.0 Å². The van der Waals surface area contributed by atoms with Crippen LogP contribution in [0.2, 0.25) is 4.34 Å². The Labute approximate surface area is 111 Å². The first-order chi connectivity index (χ1) is 7.97. The number of thiophene rings is 1. The number of nitriles is 1. The van der Waals surface area contributed by atoms with Crippen molar-refractivity contribution in [2.24, 2.45) is 0 Å². The van der Waals surface area contributed by atoms with E-state index in [1.807, 2.05) is 32.9 Å². The minimum absolute atomic E-state index is 0.0277. The van der Waals surface area contributed by atoms with Crippen molar-refractivity contribution in [1.82, 2.24) is 4.90 Å². The fourth-order valence-corrected chi connectivity index (χ4v) is 2.63. The number of halogens is 1. The van der Waals surface area contributed by atoms with Crippen molar-refractivity contribution in [2.45, 2.75) is 32.7 Å². The quantitative estimate of drug-likeness (QED) is 0.788. The predicted molar refractivity (Wildman–Crippen MR) is 70.2 cm³/mol. The van der Waals surface area contributed by atoms with Crippen LogP contribution in [0.15, 0.2) is 12.1 Å². The smallest absolute Gasteiger partial charge is 0.231 e. The topological polar surface area (TPSA) is 44.1 Å². The molecule has 92 valence electrons. The zero-order valence-electron chi connectivity index (χ0n) is 10.1. The average molecular weight is 271 g/mol. The lowest BCUT2D eigenvalue weighted by Crippen LogP contribution is -2.39. The Kier molecular flexibility index (Phi) is 4.98. The Morgan fingerprint density at radius 1 is 1.53 bits per heavy atom. The summed E-state index contributed by atoms with van der Waals surface area (Å²) in [5, 5.41) is 8.73. The number of hydrogen-bond donors (Lipinski definition) is 0. The van der Waals surface area contributed by atoms with Crippen molar-refractivity contribution in [2.75, 3.05) is 6.54 Å². The average Bonchev–Trinajstić information content (AvgIpc) is 2.70. The summed E-state index contributed by atoms with van der Waals surface area (Å²) in [6.45, 7) is 5.78. The molecule has 1 heterocycles. The number of nitrogens with zero attached hydrogens (tertiary/aromatic N) is 2. The van der Waals surface area contributed by atoms with Crippen LogP contribution in [0, 0.1) is 11.3 Å². The summed E-state index contributed by atoms with van der Waals surface area (Å²) < 4.78 is 0.677. The van der Waals surface area contributed by atoms with Gasteiger partial charge in [0.25, 0.3) is 0 Å². The van der Waals surface area contributed by atoms with E-state index in [4.69, 9.17) is 16.9 Å². The van der Waals surface area contributed by atoms with Crippen LogP contribution in [0.5, 0.6) is 0 Å². The molecule has 1 aromatic rings. The summed E-state index contributed by atoms with van der Waals surface area (Å²) in [5.41, 5.74) is 0. The van der Waals surface area contributed by atoms with Crippen molar-refractivity contribution < 1.29 is 4.79 Å². The Bertz CT molecular complexity index is 436. The maximum absolute atomic E-state index is 12.2. The molecule has 0 fully saturated rings. The summed E-state index contributed by atoms with van der Waals surface area (Å²) >= 11 is 7.26. The van der Waals surface area contributed by atoms with Gasteiger partial charge in [-0.25, -0.2) is 0 Å². The first-order valence-corrected chi connectivity index (χ1v) is 6.59. The zero-order valence-corrected chi connectivity index (χ0v) is 11.7. The molecule has 0 aromatic carbocycles. The number of rotatable bonds is 4. The van der Waals surface area contributed by atoms with Gasteiger partial charge in [-0.1, -0.05) is 11.6 Å². The van der Waals surface area contributed by atoms with Gasteiger partial charge < -0.3 is 4.90 Å². The minimum Gasteiger partial charge on any atom is -0.326 e. The summed E-state index contributed by atoms with van der Waals surface area (Å²) in [6.07, 6.45) is 0. The molecule has 0 radical (unpaired) electrons. The molecular formula is C12H15ClN2OS. The zero-order chi connectivity index (χ0) is 13.0. The highest BCUT2D eigenvalue weighted by atomic mass is 35.5. The van der Waals surface area contributed by atoms with Crippen LogP contribution in [0.1, 0.15) is 31.6 Å². The van der Waals surface area contributed by atoms with Gasteiger partial charge in [0.05, 0.1) is 16.3 Å². The first kappa shape index (κ1) is 14.0. The van der Waals surface area contributed by atoms with Gasteiger partial charge in [0.15, 0.2) is 0 Å². The third kappa shape index (κ3) is 3.45. The van der Waals surface area contributed by atoms with Gasteiger partial charge in [-0.15, -0.1) is 11.3 Å². The predicted octanol–water partition coefficient (Wildman–Crippen LogP) is 3.27. The third-order valence-electron chi connectivity index (χ3n) is 2.54. The van der Waals surface area contributed by atoms with Crippen LogP contribution >= 0.6 is 22.9 Å². The van der Waals surface area contributed by atoms with E-state index in [1.165, 1.54) is 11.3 Å². The summed E-state index contributed by atoms with van der Waals surface area (Å²) in [6, 6.07) is 5.70. The van der Waals surface area contributed by atoms with Crippen LogP contribution in [0.3, 0.4) is 0 Å². The number of carbonyl (C=O) groups excluding carboxylic acids is 1. The Hall–Kier alpha value is -1.05. The molecule has 1 aromatic heterocycles. The van der Waals surface area contributed by atoms with Crippen molar-refractivity contribution in [1.29, 1.82) is 5.26 Å². The van der Waals surface area contributed by atoms with Crippen molar-refractivity contribution in [3.63, 3.8) is 0 Å². The molecule has 17 heavy (non-hydrogen) atoms. The lowest BCUT2D eigenvalue weighted by molar-refractivity contribution is -0.133. The summed E-state index contributed by atoms with van der Waals surface area (Å²) in [7, 11) is 0. The Morgan fingerprint density at radius 3 is 2.59 bits per heavy atom. The lowest BCUT2D eigenvalue weighted by Gasteiger charge is -2.26. The lowest BCUT2D eigenvalue weighted by atomic mass is 10.1. The number of hydrogen-bond acceptors (Lipinski definition) is 3. The van der Waals surface area contributed by atoms with Gasteiger partial charge >= 0.3 is 0 Å². The normalized spacial score (nSPS) is 12.2. The van der Waals surface area contributed by atoms with Crippen molar-refractivity contribution in [3.05, 3.63) is 21.3 Å². The van der Waals surface area contributed by atoms with Crippen LogP contribution in [0.4, 0.5) is 0 Å². The van der Waals surface area contributed by atoms with Gasteiger partial charge in [0.2, 0.25) is 5.91 Å². The molecule has 5 heteroatoms. The molecule has 0 saturated carbocycles. The second-order valence-corrected chi connectivity index (χ2v) is 5.83. The van der Waals surface area contributed by atoms with Crippen molar-refractivity contribution in [3.8, 4) is 6.07 Å². The maximum atomic E-state index is 12.2. The third-order valence-corrected chi connectivity index (χ3v) is 3.95. The van der Waals surface area contributed by atoms with E-state index >= 15 is 0 Å². The second-order valence-electron chi connectivity index (χ2n) is 4.08. The van der Waals surface area contributed by atoms with Crippen LogP contribution < -0.4 is 0 Å². The van der Waals surface area contributed by atoms with E-state index < -0.39 is 0 Å². The highest BCUT2D eigenvalue weighted by molar-refractivity contribution is 7.16. The van der Waals surface area contributed by atoms with Gasteiger partial charge in [0.1, 0.15) is 6.54 Å². The molecule has 0 N–H and O–H groups in total. The largest absolute Gasteiger partial charge is 0.326 e. The molecule has 0 aliphatic rings. The maximum Gasteiger partial charge on any atom is 0.231 e. The van der Waals surface area contributed by atoms with E-state index in [0.29, 0.717) is 4.34 Å². The van der Waals surface area contributed by atoms with E-state index in [0.717, 1.165) is 4.88 Å². The molecule has 0 bridgehead atoms. The monoisotopic (exact) mass is 270 g/mol. The minimum atomic E-state index is -0.247. The molecule has 0 saturated heterocycles. The summed E-state index contributed by atoms with van der Waals surface area (Å²) in [4.78, 5) is 14.7. The standard InChI is InChI=1S/C12H15ClN2OS/c1-8(2)15(7-6-14)12(16)9(3)10-4-5-11(13)17-10/h4-5,8-9H,7H2,1-3H3. The molecule has 0 spiro atoms. The molecule has 3 nitrogen and oxygen atoms in total. The SMILES string of the molecule is CC(C(=O)N(CC#N)C(C)C)c1ccc(Cl)s1. The van der Waals surface area contributed by atoms with Gasteiger partial charge in [0, 0.05) is 10.9 Å². The fraction of sp³-hybridized carbons (Fsp3) is 0.500. The molecule has 1 unspecified atom stereocenters. The highest BCUT2D eigenvalue weighted by Crippen LogP contribution is 2.29. The molecule has 1 amide bonds. The summed E-state index contributed by atoms with van der Waals surface area (Å²) in [5.74, 6) is -0.275. The Morgan fingerprint density at radius 2 is 2.18 bits per heavy atom. The Balaban J connectivity index is 2.84. The molecule has 1 atom stereocenters. The second kappa shape index (κ2) is 6.04. The van der Waals surface area contributed by atoms with Gasteiger partial charge in [-0.05, 0) is 32.9 Å². The molecule has 0 aliphatic heterocycles. The number of amides is 1. The fourth-order valence-electron chi connectivity index (χ4n) is 1.52. The molecule has 0 aliphatic carbocycles. The van der Waals surface area contributed by atoms with Crippen LogP contribution in [-0.4, -0.2) is 23.4 Å². The van der Waals surface area contributed by atoms with Gasteiger partial charge in [-0.2, -0.15) is 5.26 Å². The molecule has 1 rings (SSSR count). The number of carbonyl (C=O) groups is 1. The van der Waals surface area contributed by atoms with E-state index in [-0.39, 0.29) is 24.4 Å². The molecular weight excluding hydrogens is 256 g/mol. The highest BCUT2D eigenvalue weighted by Gasteiger charge is 2.24. The van der Waals surface area contributed by atoms with Crippen LogP contribution in [-0.2, 0) is 4.79 Å². The van der Waals surface area contributed by atoms with Gasteiger partial charge in [-0.3, -0.25) is 4.79 Å².